The number of nitrogens with one attached hydrogen (secondary N) is 2. The summed E-state index contributed by atoms with van der Waals surface area (Å²) in [5.41, 5.74) is 2.33. The fourth-order valence-corrected chi connectivity index (χ4v) is 2.71. The van der Waals surface area contributed by atoms with Crippen LogP contribution >= 0.6 is 0 Å². The van der Waals surface area contributed by atoms with E-state index in [0.717, 1.165) is 43.4 Å². The van der Waals surface area contributed by atoms with Gasteiger partial charge in [-0.3, -0.25) is 4.99 Å². The highest BCUT2D eigenvalue weighted by molar-refractivity contribution is 5.79. The SMILES string of the molecule is CN=C(NCCN(C)C(C)C)NCc1ccc(C)cc1OC1CCOC1. The van der Waals surface area contributed by atoms with Crippen LogP contribution in [0.1, 0.15) is 31.4 Å². The molecule has 1 aromatic carbocycles. The zero-order chi connectivity index (χ0) is 18.9. The zero-order valence-corrected chi connectivity index (χ0v) is 16.8. The van der Waals surface area contributed by atoms with Gasteiger partial charge in [-0.05, 0) is 39.4 Å². The summed E-state index contributed by atoms with van der Waals surface area (Å²) in [4.78, 5) is 6.61. The maximum absolute atomic E-state index is 6.16. The van der Waals surface area contributed by atoms with Crippen LogP contribution in [0.25, 0.3) is 0 Å². The van der Waals surface area contributed by atoms with Crippen molar-refractivity contribution < 1.29 is 9.47 Å². The number of guanidine groups is 1. The van der Waals surface area contributed by atoms with Crippen molar-refractivity contribution in [3.05, 3.63) is 29.3 Å². The van der Waals surface area contributed by atoms with Gasteiger partial charge in [0.25, 0.3) is 0 Å². The molecule has 6 nitrogen and oxygen atoms in total. The molecular weight excluding hydrogens is 328 g/mol. The second kappa shape index (κ2) is 10.4. The Labute approximate surface area is 158 Å². The molecule has 0 amide bonds. The van der Waals surface area contributed by atoms with Crippen molar-refractivity contribution in [2.75, 3.05) is 40.4 Å². The molecule has 146 valence electrons. The normalized spacial score (nSPS) is 17.8. The van der Waals surface area contributed by atoms with Gasteiger partial charge in [0.1, 0.15) is 11.9 Å². The van der Waals surface area contributed by atoms with E-state index in [0.29, 0.717) is 19.2 Å². The Kier molecular flexibility index (Phi) is 8.19. The third-order valence-corrected chi connectivity index (χ3v) is 4.71. The summed E-state index contributed by atoms with van der Waals surface area (Å²) in [6, 6.07) is 6.87. The molecule has 2 rings (SSSR count). The first-order chi connectivity index (χ1) is 12.5. The molecule has 0 saturated carbocycles. The molecule has 1 saturated heterocycles. The Morgan fingerprint density at radius 3 is 2.85 bits per heavy atom. The van der Waals surface area contributed by atoms with Gasteiger partial charge in [0.05, 0.1) is 13.2 Å². The molecule has 1 aromatic rings. The number of ether oxygens (including phenoxy) is 2. The van der Waals surface area contributed by atoms with Gasteiger partial charge in [0.2, 0.25) is 0 Å². The number of nitrogens with zero attached hydrogens (tertiary/aromatic N) is 2. The first-order valence-electron chi connectivity index (χ1n) is 9.48. The highest BCUT2D eigenvalue weighted by atomic mass is 16.5. The molecule has 2 N–H and O–H groups in total. The van der Waals surface area contributed by atoms with Crippen molar-refractivity contribution in [2.24, 2.45) is 4.99 Å². The van der Waals surface area contributed by atoms with Crippen LogP contribution in [-0.2, 0) is 11.3 Å². The lowest BCUT2D eigenvalue weighted by Gasteiger charge is -2.22. The van der Waals surface area contributed by atoms with Gasteiger partial charge in [0.15, 0.2) is 5.96 Å². The second-order valence-corrected chi connectivity index (χ2v) is 7.14. The third-order valence-electron chi connectivity index (χ3n) is 4.71. The van der Waals surface area contributed by atoms with Gasteiger partial charge < -0.3 is 25.0 Å². The zero-order valence-electron chi connectivity index (χ0n) is 16.8. The van der Waals surface area contributed by atoms with Crippen molar-refractivity contribution in [3.8, 4) is 5.75 Å². The van der Waals surface area contributed by atoms with Crippen LogP contribution in [0.2, 0.25) is 0 Å². The molecule has 1 fully saturated rings. The molecule has 6 heteroatoms. The van der Waals surface area contributed by atoms with E-state index in [2.05, 4.69) is 66.5 Å². The number of rotatable bonds is 8. The van der Waals surface area contributed by atoms with Gasteiger partial charge in [-0.15, -0.1) is 0 Å². The average molecular weight is 363 g/mol. The molecular formula is C20H34N4O2. The van der Waals surface area contributed by atoms with Gasteiger partial charge in [-0.2, -0.15) is 0 Å². The van der Waals surface area contributed by atoms with Crippen LogP contribution in [0.3, 0.4) is 0 Å². The predicted molar refractivity (Wildman–Crippen MR) is 107 cm³/mol. The summed E-state index contributed by atoms with van der Waals surface area (Å²) in [6.07, 6.45) is 1.10. The Balaban J connectivity index is 1.88. The summed E-state index contributed by atoms with van der Waals surface area (Å²) in [7, 11) is 3.93. The first kappa shape index (κ1) is 20.5. The minimum Gasteiger partial charge on any atom is -0.488 e. The van der Waals surface area contributed by atoms with E-state index >= 15 is 0 Å². The van der Waals surface area contributed by atoms with Crippen molar-refractivity contribution in [1.82, 2.24) is 15.5 Å². The molecule has 1 unspecified atom stereocenters. The Morgan fingerprint density at radius 1 is 1.38 bits per heavy atom. The summed E-state index contributed by atoms with van der Waals surface area (Å²) < 4.78 is 11.6. The third kappa shape index (κ3) is 6.50. The smallest absolute Gasteiger partial charge is 0.191 e. The van der Waals surface area contributed by atoms with E-state index in [4.69, 9.17) is 9.47 Å². The largest absolute Gasteiger partial charge is 0.488 e. The number of likely N-dealkylation sites (N-methyl/N-ethyl adjacent to an activating group) is 1. The van der Waals surface area contributed by atoms with E-state index in [1.165, 1.54) is 5.56 Å². The number of hydrogen-bond acceptors (Lipinski definition) is 4. The Morgan fingerprint density at radius 2 is 2.19 bits per heavy atom. The van der Waals surface area contributed by atoms with Gasteiger partial charge in [-0.25, -0.2) is 0 Å². The van der Waals surface area contributed by atoms with Crippen molar-refractivity contribution in [3.63, 3.8) is 0 Å². The topological polar surface area (TPSA) is 58.1 Å². The monoisotopic (exact) mass is 362 g/mol. The van der Waals surface area contributed by atoms with Crippen LogP contribution in [-0.4, -0.2) is 63.4 Å². The maximum Gasteiger partial charge on any atom is 0.191 e. The highest BCUT2D eigenvalue weighted by Crippen LogP contribution is 2.23. The van der Waals surface area contributed by atoms with Crippen LogP contribution in [0, 0.1) is 6.92 Å². The lowest BCUT2D eigenvalue weighted by molar-refractivity contribution is 0.140. The quantitative estimate of drug-likeness (QED) is 0.548. The number of benzene rings is 1. The minimum absolute atomic E-state index is 0.152. The van der Waals surface area contributed by atoms with E-state index in [-0.39, 0.29) is 6.10 Å². The standard InChI is InChI=1S/C20H34N4O2/c1-15(2)24(5)10-9-22-20(21-4)23-13-17-7-6-16(3)12-19(17)26-18-8-11-25-14-18/h6-7,12,15,18H,8-11,13-14H2,1-5H3,(H2,21,22,23). The molecule has 1 aliphatic heterocycles. The van der Waals surface area contributed by atoms with Gasteiger partial charge in [0, 0.05) is 44.7 Å². The van der Waals surface area contributed by atoms with Crippen molar-refractivity contribution >= 4 is 5.96 Å². The molecule has 0 radical (unpaired) electrons. The van der Waals surface area contributed by atoms with Crippen LogP contribution in [0.4, 0.5) is 0 Å². The van der Waals surface area contributed by atoms with E-state index in [1.54, 1.807) is 7.05 Å². The van der Waals surface area contributed by atoms with E-state index in [9.17, 15) is 0 Å². The average Bonchev–Trinajstić information content (AvgIpc) is 3.12. The molecule has 0 spiro atoms. The lowest BCUT2D eigenvalue weighted by Crippen LogP contribution is -2.41. The van der Waals surface area contributed by atoms with E-state index in [1.807, 2.05) is 0 Å². The predicted octanol–water partition coefficient (Wildman–Crippen LogP) is 2.17. The lowest BCUT2D eigenvalue weighted by atomic mass is 10.1. The molecule has 0 bridgehead atoms. The fraction of sp³-hybridized carbons (Fsp3) is 0.650. The molecule has 0 aromatic heterocycles. The van der Waals surface area contributed by atoms with Gasteiger partial charge in [-0.1, -0.05) is 12.1 Å². The summed E-state index contributed by atoms with van der Waals surface area (Å²) in [5, 5.41) is 6.75. The van der Waals surface area contributed by atoms with Crippen LogP contribution in [0.15, 0.2) is 23.2 Å². The summed E-state index contributed by atoms with van der Waals surface area (Å²) >= 11 is 0. The number of hydrogen-bond donors (Lipinski definition) is 2. The Hall–Kier alpha value is -1.79. The summed E-state index contributed by atoms with van der Waals surface area (Å²) in [6.45, 7) is 10.4. The first-order valence-corrected chi connectivity index (χ1v) is 9.48. The van der Waals surface area contributed by atoms with E-state index < -0.39 is 0 Å². The maximum atomic E-state index is 6.16. The molecule has 26 heavy (non-hydrogen) atoms. The molecule has 1 heterocycles. The van der Waals surface area contributed by atoms with Crippen LogP contribution < -0.4 is 15.4 Å². The minimum atomic E-state index is 0.152. The molecule has 0 aliphatic carbocycles. The second-order valence-electron chi connectivity index (χ2n) is 7.14. The van der Waals surface area contributed by atoms with Crippen molar-refractivity contribution in [2.45, 2.75) is 45.9 Å². The van der Waals surface area contributed by atoms with Crippen molar-refractivity contribution in [1.29, 1.82) is 0 Å². The highest BCUT2D eigenvalue weighted by Gasteiger charge is 2.18. The van der Waals surface area contributed by atoms with Gasteiger partial charge >= 0.3 is 0 Å². The van der Waals surface area contributed by atoms with Crippen LogP contribution in [0.5, 0.6) is 5.75 Å². The molecule has 1 atom stereocenters. The number of aryl methyl sites for hydroxylation is 1. The number of aliphatic imine (C=N–C) groups is 1. The Bertz CT molecular complexity index is 583. The molecule has 1 aliphatic rings. The summed E-state index contributed by atoms with van der Waals surface area (Å²) in [5.74, 6) is 1.74. The fourth-order valence-electron chi connectivity index (χ4n) is 2.71.